The summed E-state index contributed by atoms with van der Waals surface area (Å²) in [5.74, 6) is -1.51. The van der Waals surface area contributed by atoms with Gasteiger partial charge < -0.3 is 25.3 Å². The number of aryl methyl sites for hydroxylation is 1. The van der Waals surface area contributed by atoms with Crippen molar-refractivity contribution in [2.24, 2.45) is 0 Å². The number of hydrogen-bond donors (Lipinski definition) is 3. The van der Waals surface area contributed by atoms with Gasteiger partial charge in [0.2, 0.25) is 5.88 Å². The van der Waals surface area contributed by atoms with E-state index in [9.17, 15) is 13.6 Å². The normalized spacial score (nSPS) is 15.8. The lowest BCUT2D eigenvalue weighted by atomic mass is 10.1. The maximum absolute atomic E-state index is 13.4. The number of aromatic nitrogens is 3. The molecule has 0 aromatic carbocycles. The van der Waals surface area contributed by atoms with E-state index in [1.807, 2.05) is 17.9 Å². The van der Waals surface area contributed by atoms with Gasteiger partial charge in [-0.05, 0) is 24.6 Å². The van der Waals surface area contributed by atoms with Crippen LogP contribution in [-0.2, 0) is 0 Å². The molecule has 0 bridgehead atoms. The van der Waals surface area contributed by atoms with Crippen LogP contribution in [-0.4, -0.2) is 47.1 Å². The zero-order valence-electron chi connectivity index (χ0n) is 16.6. The van der Waals surface area contributed by atoms with E-state index >= 15 is 0 Å². The van der Waals surface area contributed by atoms with E-state index in [-0.39, 0.29) is 25.9 Å². The number of carbonyl (C=O) groups excluding carboxylic acids is 1. The number of nitrogens with one attached hydrogen (secondary N) is 3. The second-order valence-electron chi connectivity index (χ2n) is 7.24. The minimum atomic E-state index is -2.61. The number of alkyl halides is 2. The first-order valence-electron chi connectivity index (χ1n) is 9.54. The van der Waals surface area contributed by atoms with Gasteiger partial charge in [0.15, 0.2) is 0 Å². The van der Waals surface area contributed by atoms with Gasteiger partial charge >= 0.3 is 6.03 Å². The summed E-state index contributed by atoms with van der Waals surface area (Å²) in [5, 5.41) is 5.48. The van der Waals surface area contributed by atoms with Crippen molar-refractivity contribution >= 4 is 34.3 Å². The van der Waals surface area contributed by atoms with Gasteiger partial charge in [-0.1, -0.05) is 0 Å². The second kappa shape index (κ2) is 7.77. The summed E-state index contributed by atoms with van der Waals surface area (Å²) in [5.41, 5.74) is 3.16. The predicted molar refractivity (Wildman–Crippen MR) is 111 cm³/mol. The molecule has 1 saturated heterocycles. The molecular weight excluding hydrogens is 394 g/mol. The number of nitrogens with zero attached hydrogens (tertiary/aromatic N) is 3. The first kappa shape index (κ1) is 19.9. The zero-order valence-corrected chi connectivity index (χ0v) is 16.6. The summed E-state index contributed by atoms with van der Waals surface area (Å²) in [6.45, 7) is 2.35. The molecule has 158 valence electrons. The number of fused-ring (bicyclic) bond motifs is 1. The van der Waals surface area contributed by atoms with Crippen molar-refractivity contribution in [2.75, 3.05) is 35.7 Å². The molecular formula is C20H22F2N6O2. The van der Waals surface area contributed by atoms with Crippen molar-refractivity contribution in [3.05, 3.63) is 36.2 Å². The number of hydrogen-bond acceptors (Lipinski definition) is 5. The zero-order chi connectivity index (χ0) is 21.3. The molecule has 1 fully saturated rings. The summed E-state index contributed by atoms with van der Waals surface area (Å²) in [7, 11) is 1.52. The van der Waals surface area contributed by atoms with Crippen LogP contribution in [0.1, 0.15) is 18.4 Å². The van der Waals surface area contributed by atoms with Gasteiger partial charge in [-0.15, -0.1) is 0 Å². The molecule has 0 saturated carbocycles. The van der Waals surface area contributed by atoms with E-state index in [1.165, 1.54) is 13.3 Å². The van der Waals surface area contributed by atoms with Crippen molar-refractivity contribution in [1.29, 1.82) is 0 Å². The van der Waals surface area contributed by atoms with E-state index in [1.54, 1.807) is 18.3 Å². The molecule has 1 aliphatic heterocycles. The summed E-state index contributed by atoms with van der Waals surface area (Å²) < 4.78 is 31.9. The van der Waals surface area contributed by atoms with Crippen molar-refractivity contribution in [3.63, 3.8) is 0 Å². The maximum atomic E-state index is 13.4. The number of anilines is 3. The number of carbonyl (C=O) groups is 1. The number of amides is 2. The lowest BCUT2D eigenvalue weighted by molar-refractivity contribution is -0.0221. The first-order valence-corrected chi connectivity index (χ1v) is 9.54. The van der Waals surface area contributed by atoms with E-state index in [4.69, 9.17) is 4.74 Å². The molecule has 0 spiro atoms. The lowest BCUT2D eigenvalue weighted by Crippen LogP contribution is -2.40. The number of aromatic amines is 1. The number of H-pyrrole nitrogens is 1. The molecule has 10 heteroatoms. The van der Waals surface area contributed by atoms with Gasteiger partial charge in [-0.25, -0.2) is 23.5 Å². The molecule has 0 aliphatic carbocycles. The number of pyridine rings is 2. The number of halogens is 2. The largest absolute Gasteiger partial charge is 0.481 e. The number of rotatable bonds is 4. The lowest BCUT2D eigenvalue weighted by Gasteiger charge is -2.33. The molecule has 0 unspecified atom stereocenters. The van der Waals surface area contributed by atoms with Crippen LogP contribution in [0.3, 0.4) is 0 Å². The Labute approximate surface area is 171 Å². The van der Waals surface area contributed by atoms with Gasteiger partial charge in [0.05, 0.1) is 30.2 Å². The molecule has 8 nitrogen and oxygen atoms in total. The van der Waals surface area contributed by atoms with Crippen LogP contribution in [0, 0.1) is 6.92 Å². The topological polar surface area (TPSA) is 95.2 Å². The van der Waals surface area contributed by atoms with Crippen molar-refractivity contribution in [3.8, 4) is 5.88 Å². The first-order chi connectivity index (χ1) is 14.3. The highest BCUT2D eigenvalue weighted by atomic mass is 19.3. The minimum Gasteiger partial charge on any atom is -0.481 e. The molecule has 1 aliphatic rings. The third-order valence-electron chi connectivity index (χ3n) is 5.06. The average Bonchev–Trinajstić information content (AvgIpc) is 3.10. The Morgan fingerprint density at radius 1 is 1.27 bits per heavy atom. The fourth-order valence-corrected chi connectivity index (χ4v) is 3.49. The van der Waals surface area contributed by atoms with Crippen molar-refractivity contribution in [2.45, 2.75) is 25.7 Å². The molecule has 4 rings (SSSR count). The molecule has 0 radical (unpaired) electrons. The predicted octanol–water partition coefficient (Wildman–Crippen LogP) is 4.15. The molecule has 0 atom stereocenters. The van der Waals surface area contributed by atoms with E-state index in [2.05, 4.69) is 25.6 Å². The second-order valence-corrected chi connectivity index (χ2v) is 7.24. The molecule has 2 amide bonds. The standard InChI is InChI=1S/C20H22F2N6O2/c1-12-9-13(10-24-18(12)28-7-5-20(21,22)6-8-28)25-19(29)26-15-11-23-14-3-4-16(30-2)27-17(14)15/h3-4,9-11,23H,5-8H2,1-2H3,(H2,25,26,29). The summed E-state index contributed by atoms with van der Waals surface area (Å²) in [6, 6.07) is 4.85. The van der Waals surface area contributed by atoms with Gasteiger partial charge in [0.25, 0.3) is 5.92 Å². The molecule has 3 aromatic heterocycles. The third kappa shape index (κ3) is 4.12. The average molecular weight is 416 g/mol. The highest BCUT2D eigenvalue weighted by Crippen LogP contribution is 2.31. The monoisotopic (exact) mass is 416 g/mol. The van der Waals surface area contributed by atoms with Crippen LogP contribution in [0.15, 0.2) is 30.6 Å². The maximum Gasteiger partial charge on any atom is 0.323 e. The summed E-state index contributed by atoms with van der Waals surface area (Å²) >= 11 is 0. The summed E-state index contributed by atoms with van der Waals surface area (Å²) in [4.78, 5) is 26.0. The van der Waals surface area contributed by atoms with Crippen LogP contribution in [0.4, 0.5) is 30.8 Å². The fourth-order valence-electron chi connectivity index (χ4n) is 3.49. The van der Waals surface area contributed by atoms with Crippen molar-refractivity contribution in [1.82, 2.24) is 15.0 Å². The summed E-state index contributed by atoms with van der Waals surface area (Å²) in [6.07, 6.45) is 2.81. The van der Waals surface area contributed by atoms with Gasteiger partial charge in [-0.2, -0.15) is 0 Å². The van der Waals surface area contributed by atoms with Gasteiger partial charge in [0, 0.05) is 38.2 Å². The molecule has 3 aromatic rings. The fraction of sp³-hybridized carbons (Fsp3) is 0.350. The quantitative estimate of drug-likeness (QED) is 0.594. The van der Waals surface area contributed by atoms with Gasteiger partial charge in [-0.3, -0.25) is 0 Å². The highest BCUT2D eigenvalue weighted by Gasteiger charge is 2.34. The number of methoxy groups -OCH3 is 1. The Morgan fingerprint density at radius 3 is 2.73 bits per heavy atom. The van der Waals surface area contributed by atoms with E-state index in [0.717, 1.165) is 11.1 Å². The number of urea groups is 1. The van der Waals surface area contributed by atoms with Crippen LogP contribution in [0.5, 0.6) is 5.88 Å². The Kier molecular flexibility index (Phi) is 5.15. The van der Waals surface area contributed by atoms with Crippen LogP contribution in [0.25, 0.3) is 11.0 Å². The number of piperidine rings is 1. The SMILES string of the molecule is COc1ccc2[nH]cc(NC(=O)Nc3cnc(N4CCC(F)(F)CC4)c(C)c3)c2n1. The Morgan fingerprint density at radius 2 is 2.03 bits per heavy atom. The van der Waals surface area contributed by atoms with Crippen LogP contribution < -0.4 is 20.3 Å². The minimum absolute atomic E-state index is 0.181. The van der Waals surface area contributed by atoms with Crippen LogP contribution >= 0.6 is 0 Å². The molecule has 4 heterocycles. The van der Waals surface area contributed by atoms with E-state index in [0.29, 0.717) is 28.6 Å². The Balaban J connectivity index is 1.43. The number of ether oxygens (including phenoxy) is 1. The molecule has 30 heavy (non-hydrogen) atoms. The Bertz CT molecular complexity index is 1070. The third-order valence-corrected chi connectivity index (χ3v) is 5.06. The molecule has 3 N–H and O–H groups in total. The smallest absolute Gasteiger partial charge is 0.323 e. The van der Waals surface area contributed by atoms with E-state index < -0.39 is 12.0 Å². The Hall–Kier alpha value is -3.43. The highest BCUT2D eigenvalue weighted by molar-refractivity contribution is 6.04. The van der Waals surface area contributed by atoms with Crippen LogP contribution in [0.2, 0.25) is 0 Å². The van der Waals surface area contributed by atoms with Crippen molar-refractivity contribution < 1.29 is 18.3 Å². The van der Waals surface area contributed by atoms with Gasteiger partial charge in [0.1, 0.15) is 11.3 Å².